The van der Waals surface area contributed by atoms with Crippen LogP contribution in [0.25, 0.3) is 0 Å². The van der Waals surface area contributed by atoms with Gasteiger partial charge in [-0.3, -0.25) is 0 Å². The summed E-state index contributed by atoms with van der Waals surface area (Å²) in [6.07, 6.45) is -5.54. The Balaban J connectivity index is 2.79. The fourth-order valence-corrected chi connectivity index (χ4v) is 1.73. The number of aliphatic hydroxyl groups is 1. The Morgan fingerprint density at radius 2 is 2.11 bits per heavy atom. The van der Waals surface area contributed by atoms with E-state index in [0.29, 0.717) is 5.69 Å². The van der Waals surface area contributed by atoms with Crippen molar-refractivity contribution in [3.8, 4) is 5.75 Å². The van der Waals surface area contributed by atoms with Gasteiger partial charge in [0.2, 0.25) is 0 Å². The number of rotatable bonds is 5. The lowest BCUT2D eigenvalue weighted by atomic mass is 10.3. The molecule has 0 fully saturated rings. The summed E-state index contributed by atoms with van der Waals surface area (Å²) in [5.41, 5.74) is 0.376. The third-order valence-corrected chi connectivity index (χ3v) is 3.07. The second-order valence-corrected chi connectivity index (χ2v) is 4.46. The Hall–Kier alpha value is -0.660. The highest BCUT2D eigenvalue weighted by molar-refractivity contribution is 9.10. The van der Waals surface area contributed by atoms with Crippen molar-refractivity contribution in [3.05, 3.63) is 22.7 Å². The van der Waals surface area contributed by atoms with E-state index in [1.807, 2.05) is 0 Å². The summed E-state index contributed by atoms with van der Waals surface area (Å²) in [5.74, 6) is -0.323. The van der Waals surface area contributed by atoms with E-state index in [0.717, 1.165) is 0 Å². The van der Waals surface area contributed by atoms with Crippen LogP contribution in [0.15, 0.2) is 22.7 Å². The molecular weight excluding hydrogens is 338 g/mol. The van der Waals surface area contributed by atoms with Crippen molar-refractivity contribution in [2.75, 3.05) is 17.7 Å². The van der Waals surface area contributed by atoms with Gasteiger partial charge in [-0.05, 0) is 28.1 Å². The monoisotopic (exact) mass is 347 g/mol. The summed E-state index contributed by atoms with van der Waals surface area (Å²) in [7, 11) is 0. The van der Waals surface area contributed by atoms with E-state index in [4.69, 9.17) is 11.6 Å². The van der Waals surface area contributed by atoms with Crippen LogP contribution in [0.4, 0.5) is 18.9 Å². The van der Waals surface area contributed by atoms with Crippen molar-refractivity contribution < 1.29 is 23.0 Å². The highest BCUT2D eigenvalue weighted by Crippen LogP contribution is 2.35. The van der Waals surface area contributed by atoms with Crippen LogP contribution in [-0.4, -0.2) is 30.0 Å². The summed E-state index contributed by atoms with van der Waals surface area (Å²) in [6.45, 7) is 0.123. The predicted molar refractivity (Wildman–Crippen MR) is 66.0 cm³/mol. The second-order valence-electron chi connectivity index (χ2n) is 3.35. The Morgan fingerprint density at radius 1 is 1.44 bits per heavy atom. The first-order chi connectivity index (χ1) is 8.33. The molecule has 0 bridgehead atoms. The molecule has 102 valence electrons. The Morgan fingerprint density at radius 3 is 2.67 bits per heavy atom. The maximum Gasteiger partial charge on any atom is 0.573 e. The molecule has 0 aliphatic heterocycles. The zero-order chi connectivity index (χ0) is 13.8. The van der Waals surface area contributed by atoms with Gasteiger partial charge in [0, 0.05) is 6.54 Å². The molecule has 2 N–H and O–H groups in total. The molecule has 1 aromatic carbocycles. The van der Waals surface area contributed by atoms with Crippen LogP contribution in [0.3, 0.4) is 0 Å². The summed E-state index contributed by atoms with van der Waals surface area (Å²) in [6, 6.07) is 4.14. The highest BCUT2D eigenvalue weighted by Gasteiger charge is 2.32. The Kier molecular flexibility index (Phi) is 5.55. The maximum atomic E-state index is 12.1. The summed E-state index contributed by atoms with van der Waals surface area (Å²) in [4.78, 5) is 0. The number of hydrogen-bond donors (Lipinski definition) is 2. The van der Waals surface area contributed by atoms with Gasteiger partial charge >= 0.3 is 6.36 Å². The van der Waals surface area contributed by atoms with Crippen LogP contribution in [-0.2, 0) is 0 Å². The van der Waals surface area contributed by atoms with Gasteiger partial charge in [-0.15, -0.1) is 24.8 Å². The molecule has 8 heteroatoms. The quantitative estimate of drug-likeness (QED) is 0.802. The molecule has 0 aliphatic carbocycles. The van der Waals surface area contributed by atoms with Crippen molar-refractivity contribution >= 4 is 33.2 Å². The van der Waals surface area contributed by atoms with Gasteiger partial charge in [-0.2, -0.15) is 0 Å². The topological polar surface area (TPSA) is 41.5 Å². The van der Waals surface area contributed by atoms with Gasteiger partial charge in [0.25, 0.3) is 0 Å². The number of anilines is 1. The minimum atomic E-state index is -4.75. The van der Waals surface area contributed by atoms with Crippen molar-refractivity contribution in [2.24, 2.45) is 0 Å². The SMILES string of the molecule is OC(CCl)CNc1cccc(OC(F)(F)F)c1Br. The van der Waals surface area contributed by atoms with Gasteiger partial charge in [0.05, 0.1) is 22.1 Å². The minimum absolute atomic E-state index is 0.0311. The van der Waals surface area contributed by atoms with E-state index in [1.54, 1.807) is 6.07 Å². The summed E-state index contributed by atoms with van der Waals surface area (Å²) in [5, 5.41) is 12.0. The molecule has 0 aliphatic rings. The van der Waals surface area contributed by atoms with Crippen LogP contribution >= 0.6 is 27.5 Å². The van der Waals surface area contributed by atoms with E-state index >= 15 is 0 Å². The van der Waals surface area contributed by atoms with Gasteiger partial charge in [-0.1, -0.05) is 6.07 Å². The van der Waals surface area contributed by atoms with Crippen molar-refractivity contribution in [3.63, 3.8) is 0 Å². The van der Waals surface area contributed by atoms with E-state index in [-0.39, 0.29) is 22.6 Å². The van der Waals surface area contributed by atoms with Crippen LogP contribution in [0, 0.1) is 0 Å². The zero-order valence-electron chi connectivity index (χ0n) is 8.97. The molecule has 0 saturated heterocycles. The molecular formula is C10H10BrClF3NO2. The van der Waals surface area contributed by atoms with Gasteiger partial charge in [-0.25, -0.2) is 0 Å². The minimum Gasteiger partial charge on any atom is -0.405 e. The molecule has 3 nitrogen and oxygen atoms in total. The molecule has 0 amide bonds. The predicted octanol–water partition coefficient (Wildman–Crippen LogP) is 3.36. The number of aliphatic hydroxyl groups excluding tert-OH is 1. The fourth-order valence-electron chi connectivity index (χ4n) is 1.13. The third-order valence-electron chi connectivity index (χ3n) is 1.90. The lowest BCUT2D eigenvalue weighted by Gasteiger charge is -2.15. The van der Waals surface area contributed by atoms with Crippen LogP contribution in [0.5, 0.6) is 5.75 Å². The van der Waals surface area contributed by atoms with Crippen LogP contribution < -0.4 is 10.1 Å². The average molecular weight is 349 g/mol. The Labute approximate surface area is 115 Å². The largest absolute Gasteiger partial charge is 0.573 e. The summed E-state index contributed by atoms with van der Waals surface area (Å²) >= 11 is 8.41. The first-order valence-electron chi connectivity index (χ1n) is 4.85. The zero-order valence-corrected chi connectivity index (χ0v) is 11.3. The standard InChI is InChI=1S/C10H10BrClF3NO2/c11-9-7(16-5-6(17)4-12)2-1-3-8(9)18-10(13,14)15/h1-3,6,16-17H,4-5H2. The molecule has 1 rings (SSSR count). The van der Waals surface area contributed by atoms with E-state index < -0.39 is 12.5 Å². The Bertz CT molecular complexity index is 403. The second kappa shape index (κ2) is 6.49. The lowest BCUT2D eigenvalue weighted by molar-refractivity contribution is -0.274. The number of ether oxygens (including phenoxy) is 1. The van der Waals surface area contributed by atoms with Crippen molar-refractivity contribution in [1.82, 2.24) is 0 Å². The van der Waals surface area contributed by atoms with Gasteiger partial charge in [0.15, 0.2) is 0 Å². The number of alkyl halides is 4. The molecule has 0 radical (unpaired) electrons. The smallest absolute Gasteiger partial charge is 0.405 e. The maximum absolute atomic E-state index is 12.1. The molecule has 1 aromatic rings. The normalized spacial score (nSPS) is 13.2. The summed E-state index contributed by atoms with van der Waals surface area (Å²) < 4.78 is 40.3. The van der Waals surface area contributed by atoms with Crippen molar-refractivity contribution in [2.45, 2.75) is 12.5 Å². The molecule has 0 heterocycles. The number of benzene rings is 1. The van der Waals surface area contributed by atoms with E-state index in [1.165, 1.54) is 12.1 Å². The molecule has 1 atom stereocenters. The molecule has 1 unspecified atom stereocenters. The van der Waals surface area contributed by atoms with Crippen LogP contribution in [0.1, 0.15) is 0 Å². The highest BCUT2D eigenvalue weighted by atomic mass is 79.9. The van der Waals surface area contributed by atoms with Crippen LogP contribution in [0.2, 0.25) is 0 Å². The van der Waals surface area contributed by atoms with Gasteiger partial charge < -0.3 is 15.2 Å². The molecule has 0 spiro atoms. The number of nitrogens with one attached hydrogen (secondary N) is 1. The number of halogens is 5. The number of hydrogen-bond acceptors (Lipinski definition) is 3. The first-order valence-corrected chi connectivity index (χ1v) is 6.18. The van der Waals surface area contributed by atoms with E-state index in [2.05, 4.69) is 26.0 Å². The molecule has 0 saturated carbocycles. The average Bonchev–Trinajstić information content (AvgIpc) is 2.28. The first kappa shape index (κ1) is 15.4. The molecule has 18 heavy (non-hydrogen) atoms. The lowest BCUT2D eigenvalue weighted by Crippen LogP contribution is -2.21. The van der Waals surface area contributed by atoms with Crippen molar-refractivity contribution in [1.29, 1.82) is 0 Å². The molecule has 0 aromatic heterocycles. The fraction of sp³-hybridized carbons (Fsp3) is 0.400. The van der Waals surface area contributed by atoms with E-state index in [9.17, 15) is 18.3 Å². The third kappa shape index (κ3) is 4.91. The van der Waals surface area contributed by atoms with Gasteiger partial charge in [0.1, 0.15) is 5.75 Å².